The predicted octanol–water partition coefficient (Wildman–Crippen LogP) is 3.88. The lowest BCUT2D eigenvalue weighted by molar-refractivity contribution is 0.275. The van der Waals surface area contributed by atoms with Crippen molar-refractivity contribution >= 4 is 11.6 Å². The van der Waals surface area contributed by atoms with E-state index in [1.807, 2.05) is 60.3 Å². The molecule has 0 bridgehead atoms. The summed E-state index contributed by atoms with van der Waals surface area (Å²) in [6.45, 7) is 1.78. The minimum atomic E-state index is 0.416. The average molecular weight is 342 g/mol. The standard InChI is InChI=1S/C19H20ClN3O/c1-21-12-17-11-19(24-14-16-9-5-6-10-18(16)20)23(22-17)13-15-7-3-2-4-8-15/h2-11,21H,12-14H2,1H3. The summed E-state index contributed by atoms with van der Waals surface area (Å²) in [5.41, 5.74) is 3.09. The molecule has 0 aliphatic heterocycles. The molecule has 1 heterocycles. The summed E-state index contributed by atoms with van der Waals surface area (Å²) >= 11 is 6.20. The van der Waals surface area contributed by atoms with Crippen molar-refractivity contribution < 1.29 is 4.74 Å². The van der Waals surface area contributed by atoms with Gasteiger partial charge in [0.2, 0.25) is 5.88 Å². The number of aromatic nitrogens is 2. The lowest BCUT2D eigenvalue weighted by Gasteiger charge is -2.10. The van der Waals surface area contributed by atoms with Crippen molar-refractivity contribution in [3.63, 3.8) is 0 Å². The zero-order chi connectivity index (χ0) is 16.8. The molecule has 0 saturated carbocycles. The number of halogens is 1. The highest BCUT2D eigenvalue weighted by Gasteiger charge is 2.10. The van der Waals surface area contributed by atoms with Gasteiger partial charge in [-0.05, 0) is 18.7 Å². The van der Waals surface area contributed by atoms with E-state index in [0.29, 0.717) is 24.7 Å². The van der Waals surface area contributed by atoms with Crippen LogP contribution in [0.25, 0.3) is 0 Å². The van der Waals surface area contributed by atoms with Crippen LogP contribution in [-0.4, -0.2) is 16.8 Å². The second kappa shape index (κ2) is 7.99. The summed E-state index contributed by atoms with van der Waals surface area (Å²) in [6.07, 6.45) is 0. The van der Waals surface area contributed by atoms with E-state index in [2.05, 4.69) is 22.5 Å². The van der Waals surface area contributed by atoms with Gasteiger partial charge < -0.3 is 10.1 Å². The highest BCUT2D eigenvalue weighted by molar-refractivity contribution is 6.31. The van der Waals surface area contributed by atoms with Gasteiger partial charge in [-0.15, -0.1) is 0 Å². The SMILES string of the molecule is CNCc1cc(OCc2ccccc2Cl)n(Cc2ccccc2)n1. The number of hydrogen-bond acceptors (Lipinski definition) is 3. The van der Waals surface area contributed by atoms with Crippen LogP contribution in [0.5, 0.6) is 5.88 Å². The van der Waals surface area contributed by atoms with Crippen LogP contribution in [0.1, 0.15) is 16.8 Å². The second-order valence-electron chi connectivity index (χ2n) is 5.53. The Hall–Kier alpha value is -2.30. The average Bonchev–Trinajstić information content (AvgIpc) is 2.97. The smallest absolute Gasteiger partial charge is 0.212 e. The van der Waals surface area contributed by atoms with E-state index in [9.17, 15) is 0 Å². The van der Waals surface area contributed by atoms with E-state index in [1.165, 1.54) is 5.56 Å². The normalized spacial score (nSPS) is 10.8. The van der Waals surface area contributed by atoms with Crippen molar-refractivity contribution in [2.75, 3.05) is 7.05 Å². The maximum atomic E-state index is 6.20. The van der Waals surface area contributed by atoms with Gasteiger partial charge in [-0.3, -0.25) is 0 Å². The Morgan fingerprint density at radius 1 is 1.08 bits per heavy atom. The number of nitrogens with zero attached hydrogens (tertiary/aromatic N) is 2. The summed E-state index contributed by atoms with van der Waals surface area (Å²) < 4.78 is 7.88. The molecule has 0 fully saturated rings. The molecule has 0 unspecified atom stereocenters. The molecule has 2 aromatic carbocycles. The van der Waals surface area contributed by atoms with Gasteiger partial charge in [-0.2, -0.15) is 5.10 Å². The van der Waals surface area contributed by atoms with Crippen LogP contribution >= 0.6 is 11.6 Å². The molecule has 4 nitrogen and oxygen atoms in total. The van der Waals surface area contributed by atoms with Gasteiger partial charge in [-0.25, -0.2) is 4.68 Å². The van der Waals surface area contributed by atoms with Crippen LogP contribution in [0.2, 0.25) is 5.02 Å². The molecule has 3 rings (SSSR count). The van der Waals surface area contributed by atoms with Gasteiger partial charge in [0.1, 0.15) is 6.61 Å². The van der Waals surface area contributed by atoms with Crippen molar-refractivity contribution in [2.24, 2.45) is 0 Å². The zero-order valence-corrected chi connectivity index (χ0v) is 14.3. The van der Waals surface area contributed by atoms with E-state index in [4.69, 9.17) is 16.3 Å². The lowest BCUT2D eigenvalue weighted by Crippen LogP contribution is -2.08. The maximum Gasteiger partial charge on any atom is 0.212 e. The second-order valence-corrected chi connectivity index (χ2v) is 5.93. The molecule has 3 aromatic rings. The number of hydrogen-bond donors (Lipinski definition) is 1. The molecular formula is C19H20ClN3O. The molecular weight excluding hydrogens is 322 g/mol. The van der Waals surface area contributed by atoms with E-state index < -0.39 is 0 Å². The van der Waals surface area contributed by atoms with Crippen molar-refractivity contribution in [1.29, 1.82) is 0 Å². The Kier molecular flexibility index (Phi) is 5.51. The number of rotatable bonds is 7. The molecule has 0 saturated heterocycles. The molecule has 0 aliphatic rings. The number of nitrogens with one attached hydrogen (secondary N) is 1. The molecule has 0 radical (unpaired) electrons. The fraction of sp³-hybridized carbons (Fsp3) is 0.211. The Bertz CT molecular complexity index is 786. The third-order valence-corrected chi connectivity index (χ3v) is 4.03. The molecule has 5 heteroatoms. The maximum absolute atomic E-state index is 6.20. The molecule has 24 heavy (non-hydrogen) atoms. The van der Waals surface area contributed by atoms with E-state index >= 15 is 0 Å². The lowest BCUT2D eigenvalue weighted by atomic mass is 10.2. The molecule has 0 spiro atoms. The van der Waals surface area contributed by atoms with Crippen molar-refractivity contribution in [3.05, 3.63) is 82.5 Å². The highest BCUT2D eigenvalue weighted by Crippen LogP contribution is 2.20. The van der Waals surface area contributed by atoms with Gasteiger partial charge >= 0.3 is 0 Å². The largest absolute Gasteiger partial charge is 0.473 e. The Morgan fingerprint density at radius 2 is 1.83 bits per heavy atom. The van der Waals surface area contributed by atoms with Gasteiger partial charge in [-0.1, -0.05) is 60.1 Å². The fourth-order valence-corrected chi connectivity index (χ4v) is 2.66. The third kappa shape index (κ3) is 4.16. The van der Waals surface area contributed by atoms with Crippen LogP contribution in [0.3, 0.4) is 0 Å². The summed E-state index contributed by atoms with van der Waals surface area (Å²) in [4.78, 5) is 0. The number of benzene rings is 2. The monoisotopic (exact) mass is 341 g/mol. The van der Waals surface area contributed by atoms with Gasteiger partial charge in [0.25, 0.3) is 0 Å². The molecule has 1 aromatic heterocycles. The van der Waals surface area contributed by atoms with Crippen molar-refractivity contribution in [3.8, 4) is 5.88 Å². The first-order valence-electron chi connectivity index (χ1n) is 7.87. The van der Waals surface area contributed by atoms with Crippen LogP contribution in [0.4, 0.5) is 0 Å². The summed E-state index contributed by atoms with van der Waals surface area (Å²) in [5, 5.41) is 8.46. The fourth-order valence-electron chi connectivity index (χ4n) is 2.47. The van der Waals surface area contributed by atoms with Gasteiger partial charge in [0.05, 0.1) is 12.2 Å². The molecule has 0 amide bonds. The summed E-state index contributed by atoms with van der Waals surface area (Å²) in [5.74, 6) is 0.740. The Morgan fingerprint density at radius 3 is 2.58 bits per heavy atom. The van der Waals surface area contributed by atoms with Crippen LogP contribution < -0.4 is 10.1 Å². The molecule has 0 atom stereocenters. The van der Waals surface area contributed by atoms with E-state index in [1.54, 1.807) is 0 Å². The highest BCUT2D eigenvalue weighted by atomic mass is 35.5. The quantitative estimate of drug-likeness (QED) is 0.708. The zero-order valence-electron chi connectivity index (χ0n) is 13.6. The van der Waals surface area contributed by atoms with Crippen molar-refractivity contribution in [2.45, 2.75) is 19.7 Å². The first-order chi connectivity index (χ1) is 11.8. The summed E-state index contributed by atoms with van der Waals surface area (Å²) in [6, 6.07) is 19.9. The molecule has 1 N–H and O–H groups in total. The number of ether oxygens (including phenoxy) is 1. The summed E-state index contributed by atoms with van der Waals surface area (Å²) in [7, 11) is 1.90. The van der Waals surface area contributed by atoms with Crippen LogP contribution in [0, 0.1) is 0 Å². The predicted molar refractivity (Wildman–Crippen MR) is 96.3 cm³/mol. The molecule has 124 valence electrons. The topological polar surface area (TPSA) is 39.1 Å². The Labute approximate surface area is 147 Å². The first-order valence-corrected chi connectivity index (χ1v) is 8.25. The van der Waals surface area contributed by atoms with Gasteiger partial charge in [0.15, 0.2) is 0 Å². The first kappa shape index (κ1) is 16.6. The van der Waals surface area contributed by atoms with Crippen LogP contribution in [0.15, 0.2) is 60.7 Å². The van der Waals surface area contributed by atoms with E-state index in [-0.39, 0.29) is 0 Å². The van der Waals surface area contributed by atoms with Gasteiger partial charge in [0, 0.05) is 23.2 Å². The van der Waals surface area contributed by atoms with Crippen molar-refractivity contribution in [1.82, 2.24) is 15.1 Å². The van der Waals surface area contributed by atoms with Crippen LogP contribution in [-0.2, 0) is 19.7 Å². The molecule has 0 aliphatic carbocycles. The minimum Gasteiger partial charge on any atom is -0.473 e. The third-order valence-electron chi connectivity index (χ3n) is 3.66. The Balaban J connectivity index is 1.79. The van der Waals surface area contributed by atoms with E-state index in [0.717, 1.165) is 17.1 Å². The minimum absolute atomic E-state index is 0.416.